The Kier molecular flexibility index (Phi) is 6.13. The van der Waals surface area contributed by atoms with E-state index in [1.54, 1.807) is 43.5 Å². The molecule has 3 aromatic rings. The van der Waals surface area contributed by atoms with Gasteiger partial charge in [-0.25, -0.2) is 4.98 Å². The maximum atomic E-state index is 6.13. The van der Waals surface area contributed by atoms with Crippen LogP contribution in [-0.4, -0.2) is 12.1 Å². The molecule has 0 unspecified atom stereocenters. The number of hydrogen-bond acceptors (Lipinski definition) is 2. The molecule has 0 radical (unpaired) electrons. The molecule has 0 spiro atoms. The van der Waals surface area contributed by atoms with E-state index in [0.717, 1.165) is 0 Å². The molecule has 26 heavy (non-hydrogen) atoms. The molecule has 0 aliphatic rings. The summed E-state index contributed by atoms with van der Waals surface area (Å²) in [6.45, 7) is 0. The zero-order chi connectivity index (χ0) is 19.0. The van der Waals surface area contributed by atoms with Gasteiger partial charge >= 0.3 is 0 Å². The fraction of sp³-hybridized carbons (Fsp3) is 0.0556. The summed E-state index contributed by atoms with van der Waals surface area (Å²) in [5.41, 5.74) is 2.58. The number of ether oxygens (including phenoxy) is 1. The second kappa shape index (κ2) is 8.02. The van der Waals surface area contributed by atoms with E-state index in [0.29, 0.717) is 48.4 Å². The second-order valence-corrected chi connectivity index (χ2v) is 7.67. The lowest BCUT2D eigenvalue weighted by molar-refractivity contribution is 0.414. The molecule has 0 aliphatic heterocycles. The van der Waals surface area contributed by atoms with E-state index in [-0.39, 0.29) is 10.0 Å². The van der Waals surface area contributed by atoms with Crippen molar-refractivity contribution < 1.29 is 4.74 Å². The van der Waals surface area contributed by atoms with E-state index in [4.69, 9.17) is 74.3 Å². The van der Waals surface area contributed by atoms with Crippen molar-refractivity contribution in [3.8, 4) is 28.3 Å². The van der Waals surface area contributed by atoms with E-state index in [9.17, 15) is 0 Å². The third-order valence-electron chi connectivity index (χ3n) is 3.59. The molecule has 0 amide bonds. The smallest absolute Gasteiger partial charge is 0.123 e. The van der Waals surface area contributed by atoms with Crippen molar-refractivity contribution in [1.29, 1.82) is 0 Å². The first-order valence-electron chi connectivity index (χ1n) is 7.16. The SMILES string of the molecule is COc1cc(-c2cc(Cl)c(Cl)c(Cl)c2)nc(-c2cc(Cl)c(Cl)c(Cl)c2)c1. The molecule has 8 heteroatoms. The highest BCUT2D eigenvalue weighted by Gasteiger charge is 2.14. The van der Waals surface area contributed by atoms with Gasteiger partial charge in [-0.2, -0.15) is 0 Å². The summed E-state index contributed by atoms with van der Waals surface area (Å²) < 4.78 is 5.38. The minimum Gasteiger partial charge on any atom is -0.497 e. The lowest BCUT2D eigenvalue weighted by Crippen LogP contribution is -1.93. The van der Waals surface area contributed by atoms with Crippen molar-refractivity contribution in [2.24, 2.45) is 0 Å². The van der Waals surface area contributed by atoms with Gasteiger partial charge in [-0.05, 0) is 24.3 Å². The molecule has 2 aromatic carbocycles. The number of methoxy groups -OCH3 is 1. The Labute approximate surface area is 180 Å². The normalized spacial score (nSPS) is 10.9. The summed E-state index contributed by atoms with van der Waals surface area (Å²) in [7, 11) is 1.56. The third kappa shape index (κ3) is 4.01. The van der Waals surface area contributed by atoms with Gasteiger partial charge in [0.1, 0.15) is 5.75 Å². The molecule has 1 heterocycles. The van der Waals surface area contributed by atoms with Gasteiger partial charge in [0.25, 0.3) is 0 Å². The maximum absolute atomic E-state index is 6.13. The van der Waals surface area contributed by atoms with Gasteiger partial charge in [0, 0.05) is 23.3 Å². The molecule has 0 bridgehead atoms. The van der Waals surface area contributed by atoms with E-state index in [1.807, 2.05) is 0 Å². The summed E-state index contributed by atoms with van der Waals surface area (Å²) >= 11 is 36.6. The molecule has 2 nitrogen and oxygen atoms in total. The van der Waals surface area contributed by atoms with Gasteiger partial charge in [-0.1, -0.05) is 69.6 Å². The first kappa shape index (κ1) is 19.9. The highest BCUT2D eigenvalue weighted by atomic mass is 35.5. The van der Waals surface area contributed by atoms with Crippen LogP contribution in [-0.2, 0) is 0 Å². The van der Waals surface area contributed by atoms with Crippen molar-refractivity contribution in [2.45, 2.75) is 0 Å². The molecule has 0 fully saturated rings. The lowest BCUT2D eigenvalue weighted by Gasteiger charge is -2.11. The number of hydrogen-bond donors (Lipinski definition) is 0. The van der Waals surface area contributed by atoms with E-state index < -0.39 is 0 Å². The van der Waals surface area contributed by atoms with Gasteiger partial charge in [0.15, 0.2) is 0 Å². The predicted octanol–water partition coefficient (Wildman–Crippen LogP) is 8.34. The Morgan fingerprint density at radius 3 is 1.27 bits per heavy atom. The molecule has 1 aromatic heterocycles. The predicted molar refractivity (Wildman–Crippen MR) is 112 cm³/mol. The Balaban J connectivity index is 2.20. The minimum atomic E-state index is 0.288. The molecular weight excluding hydrogens is 459 g/mol. The topological polar surface area (TPSA) is 22.1 Å². The number of benzene rings is 2. The zero-order valence-corrected chi connectivity index (χ0v) is 17.6. The Morgan fingerprint density at radius 1 is 0.615 bits per heavy atom. The lowest BCUT2D eigenvalue weighted by atomic mass is 10.1. The molecule has 3 rings (SSSR count). The van der Waals surface area contributed by atoms with Crippen LogP contribution in [0.15, 0.2) is 36.4 Å². The summed E-state index contributed by atoms with van der Waals surface area (Å²) in [6.07, 6.45) is 0. The third-order valence-corrected chi connectivity index (χ3v) is 5.99. The van der Waals surface area contributed by atoms with Crippen molar-refractivity contribution in [2.75, 3.05) is 7.11 Å². The number of rotatable bonds is 3. The largest absolute Gasteiger partial charge is 0.497 e. The number of pyridine rings is 1. The molecule has 0 atom stereocenters. The molecule has 0 saturated carbocycles. The first-order chi connectivity index (χ1) is 12.3. The van der Waals surface area contributed by atoms with E-state index in [1.165, 1.54) is 0 Å². The van der Waals surface area contributed by atoms with Crippen LogP contribution in [0.3, 0.4) is 0 Å². The number of aromatic nitrogens is 1. The van der Waals surface area contributed by atoms with E-state index in [2.05, 4.69) is 4.98 Å². The van der Waals surface area contributed by atoms with Crippen LogP contribution in [0, 0.1) is 0 Å². The first-order valence-corrected chi connectivity index (χ1v) is 9.43. The fourth-order valence-electron chi connectivity index (χ4n) is 2.33. The van der Waals surface area contributed by atoms with Crippen molar-refractivity contribution in [1.82, 2.24) is 4.98 Å². The van der Waals surface area contributed by atoms with Gasteiger partial charge in [0.05, 0.1) is 48.6 Å². The molecule has 134 valence electrons. The summed E-state index contributed by atoms with van der Waals surface area (Å²) in [4.78, 5) is 4.64. The van der Waals surface area contributed by atoms with Crippen LogP contribution in [0.2, 0.25) is 30.1 Å². The molecule has 0 aliphatic carbocycles. The van der Waals surface area contributed by atoms with Gasteiger partial charge < -0.3 is 4.74 Å². The standard InChI is InChI=1S/C18H9Cl6NO/c1-26-10-6-15(8-2-11(19)17(23)12(20)3-8)25-16(7-10)9-4-13(21)18(24)14(22)5-9/h2-7H,1H3. The molecule has 0 saturated heterocycles. The highest BCUT2D eigenvalue weighted by molar-refractivity contribution is 6.49. The van der Waals surface area contributed by atoms with Crippen LogP contribution in [0.4, 0.5) is 0 Å². The Bertz CT molecular complexity index is 883. The highest BCUT2D eigenvalue weighted by Crippen LogP contribution is 2.38. The number of nitrogens with zero attached hydrogens (tertiary/aromatic N) is 1. The molecule has 0 N–H and O–H groups in total. The second-order valence-electron chi connectivity index (χ2n) is 5.29. The van der Waals surface area contributed by atoms with Gasteiger partial charge in [-0.15, -0.1) is 0 Å². The van der Waals surface area contributed by atoms with Crippen LogP contribution < -0.4 is 4.74 Å². The fourth-order valence-corrected chi connectivity index (χ4v) is 3.52. The Hall–Kier alpha value is -0.870. The van der Waals surface area contributed by atoms with Crippen LogP contribution >= 0.6 is 69.6 Å². The maximum Gasteiger partial charge on any atom is 0.123 e. The summed E-state index contributed by atoms with van der Waals surface area (Å²) in [5, 5.41) is 1.90. The average Bonchev–Trinajstić information content (AvgIpc) is 2.62. The average molecular weight is 468 g/mol. The quantitative estimate of drug-likeness (QED) is 0.361. The van der Waals surface area contributed by atoms with Crippen molar-refractivity contribution >= 4 is 69.6 Å². The van der Waals surface area contributed by atoms with E-state index >= 15 is 0 Å². The van der Waals surface area contributed by atoms with Gasteiger partial charge in [-0.3, -0.25) is 0 Å². The van der Waals surface area contributed by atoms with Crippen LogP contribution in [0.25, 0.3) is 22.5 Å². The Morgan fingerprint density at radius 2 is 0.962 bits per heavy atom. The minimum absolute atomic E-state index is 0.288. The van der Waals surface area contributed by atoms with Crippen molar-refractivity contribution in [3.05, 3.63) is 66.5 Å². The van der Waals surface area contributed by atoms with Crippen LogP contribution in [0.1, 0.15) is 0 Å². The van der Waals surface area contributed by atoms with Crippen molar-refractivity contribution in [3.63, 3.8) is 0 Å². The number of halogens is 6. The zero-order valence-electron chi connectivity index (χ0n) is 13.1. The summed E-state index contributed by atoms with van der Waals surface area (Å²) in [5.74, 6) is 0.592. The monoisotopic (exact) mass is 465 g/mol. The van der Waals surface area contributed by atoms with Crippen LogP contribution in [0.5, 0.6) is 5.75 Å². The van der Waals surface area contributed by atoms with Gasteiger partial charge in [0.2, 0.25) is 0 Å². The molecular formula is C18H9Cl6NO. The summed E-state index contributed by atoms with van der Waals surface area (Å²) in [6, 6.07) is 10.3.